The Bertz CT molecular complexity index is 1250. The fourth-order valence-corrected chi connectivity index (χ4v) is 3.90. The fourth-order valence-electron chi connectivity index (χ4n) is 3.16. The Morgan fingerprint density at radius 2 is 1.84 bits per heavy atom. The summed E-state index contributed by atoms with van der Waals surface area (Å²) < 4.78 is 22.1. The lowest BCUT2D eigenvalue weighted by Crippen LogP contribution is -1.99. The summed E-state index contributed by atoms with van der Waals surface area (Å²) in [5.41, 5.74) is 2.57. The first-order valence-corrected chi connectivity index (χ1v) is 10.6. The van der Waals surface area contributed by atoms with E-state index in [2.05, 4.69) is 6.07 Å². The molecule has 0 N–H and O–H groups in total. The number of fused-ring (bicyclic) bond motifs is 1. The molecule has 3 aromatic carbocycles. The molecule has 0 saturated carbocycles. The number of hydrogen-bond donors (Lipinski definition) is 0. The number of halogens is 3. The van der Waals surface area contributed by atoms with E-state index < -0.39 is 0 Å². The van der Waals surface area contributed by atoms with Crippen LogP contribution in [-0.2, 0) is 6.61 Å². The number of rotatable bonds is 6. The molecule has 0 fully saturated rings. The van der Waals surface area contributed by atoms with E-state index in [1.165, 1.54) is 7.11 Å². The molecular weight excluding hydrogens is 473 g/mol. The van der Waals surface area contributed by atoms with E-state index in [0.717, 1.165) is 5.56 Å². The Morgan fingerprint density at radius 3 is 2.59 bits per heavy atom. The molecule has 32 heavy (non-hydrogen) atoms. The van der Waals surface area contributed by atoms with Crippen molar-refractivity contribution < 1.29 is 18.9 Å². The molecule has 5 nitrogen and oxygen atoms in total. The maximum Gasteiger partial charge on any atom is 0.231 e. The average molecular weight is 489 g/mol. The van der Waals surface area contributed by atoms with Crippen LogP contribution in [0.15, 0.2) is 48.5 Å². The van der Waals surface area contributed by atoms with Gasteiger partial charge in [0.1, 0.15) is 6.61 Å². The normalized spacial score (nSPS) is 12.4. The Labute approximate surface area is 200 Å². The molecule has 0 amide bonds. The maximum absolute atomic E-state index is 9.69. The Kier molecular flexibility index (Phi) is 6.66. The molecule has 0 bridgehead atoms. The first kappa shape index (κ1) is 22.2. The van der Waals surface area contributed by atoms with Gasteiger partial charge in [0, 0.05) is 15.6 Å². The van der Waals surface area contributed by atoms with Gasteiger partial charge in [-0.3, -0.25) is 0 Å². The molecule has 0 aliphatic carbocycles. The van der Waals surface area contributed by atoms with Crippen LogP contribution in [0.5, 0.6) is 23.0 Å². The third-order valence-corrected chi connectivity index (χ3v) is 5.62. The third-order valence-electron chi connectivity index (χ3n) is 4.75. The van der Waals surface area contributed by atoms with E-state index >= 15 is 0 Å². The molecule has 162 valence electrons. The number of ether oxygens (including phenoxy) is 4. The zero-order valence-electron chi connectivity index (χ0n) is 16.8. The van der Waals surface area contributed by atoms with Crippen LogP contribution in [0.2, 0.25) is 15.1 Å². The molecule has 0 radical (unpaired) electrons. The van der Waals surface area contributed by atoms with Crippen LogP contribution in [0, 0.1) is 11.3 Å². The largest absolute Gasteiger partial charge is 0.493 e. The van der Waals surface area contributed by atoms with E-state index in [-0.39, 0.29) is 13.4 Å². The Hall–Kier alpha value is -3.04. The van der Waals surface area contributed by atoms with E-state index in [4.69, 9.17) is 53.8 Å². The van der Waals surface area contributed by atoms with Crippen molar-refractivity contribution in [2.75, 3.05) is 13.9 Å². The van der Waals surface area contributed by atoms with Crippen LogP contribution in [-0.4, -0.2) is 13.9 Å². The standard InChI is InChI=1S/C24H16Cl3NO4/c1-29-23-8-14(6-17(11-28)15-3-5-21-22(9-15)32-13-31-21)7-20(27)24(23)30-12-16-2-4-18(25)10-19(16)26/h2-10H,12-13H2,1H3/b17-6-. The van der Waals surface area contributed by atoms with Crippen LogP contribution in [0.4, 0.5) is 0 Å². The second-order valence-electron chi connectivity index (χ2n) is 6.80. The highest BCUT2D eigenvalue weighted by Gasteiger charge is 2.16. The zero-order valence-corrected chi connectivity index (χ0v) is 19.1. The van der Waals surface area contributed by atoms with Gasteiger partial charge >= 0.3 is 0 Å². The minimum Gasteiger partial charge on any atom is -0.493 e. The summed E-state index contributed by atoms with van der Waals surface area (Å²) in [6.45, 7) is 0.349. The fraction of sp³-hybridized carbons (Fsp3) is 0.125. The van der Waals surface area contributed by atoms with Gasteiger partial charge in [0.2, 0.25) is 6.79 Å². The molecule has 0 aromatic heterocycles. The molecule has 0 saturated heterocycles. The van der Waals surface area contributed by atoms with Crippen molar-refractivity contribution in [3.63, 3.8) is 0 Å². The lowest BCUT2D eigenvalue weighted by atomic mass is 10.0. The molecule has 4 rings (SSSR count). The van der Waals surface area contributed by atoms with Crippen molar-refractivity contribution in [1.29, 1.82) is 5.26 Å². The molecule has 0 unspecified atom stereocenters. The van der Waals surface area contributed by atoms with Gasteiger partial charge in [0.25, 0.3) is 0 Å². The number of hydrogen-bond acceptors (Lipinski definition) is 5. The minimum atomic E-state index is 0.167. The van der Waals surface area contributed by atoms with Crippen molar-refractivity contribution in [2.45, 2.75) is 6.61 Å². The highest BCUT2D eigenvalue weighted by atomic mass is 35.5. The summed E-state index contributed by atoms with van der Waals surface area (Å²) in [7, 11) is 1.52. The molecular formula is C24H16Cl3NO4. The average Bonchev–Trinajstić information content (AvgIpc) is 3.25. The van der Waals surface area contributed by atoms with Gasteiger partial charge in [-0.25, -0.2) is 0 Å². The molecule has 8 heteroatoms. The maximum atomic E-state index is 9.69. The molecule has 3 aromatic rings. The topological polar surface area (TPSA) is 60.7 Å². The second kappa shape index (κ2) is 9.62. The quantitative estimate of drug-likeness (QED) is 0.275. The second-order valence-corrected chi connectivity index (χ2v) is 8.05. The van der Waals surface area contributed by atoms with Gasteiger partial charge in [-0.2, -0.15) is 5.26 Å². The van der Waals surface area contributed by atoms with Crippen LogP contribution in [0.25, 0.3) is 11.6 Å². The van der Waals surface area contributed by atoms with Crippen molar-refractivity contribution in [3.05, 3.63) is 80.3 Å². The summed E-state index contributed by atoms with van der Waals surface area (Å²) in [5.74, 6) is 2.05. The van der Waals surface area contributed by atoms with Crippen LogP contribution < -0.4 is 18.9 Å². The predicted octanol–water partition coefficient (Wildman–Crippen LogP) is 7.03. The van der Waals surface area contributed by atoms with Gasteiger partial charge in [-0.05, 0) is 59.7 Å². The zero-order chi connectivity index (χ0) is 22.7. The van der Waals surface area contributed by atoms with Crippen LogP contribution in [0.1, 0.15) is 16.7 Å². The van der Waals surface area contributed by atoms with Crippen molar-refractivity contribution in [1.82, 2.24) is 0 Å². The van der Waals surface area contributed by atoms with E-state index in [1.54, 1.807) is 54.6 Å². The van der Waals surface area contributed by atoms with Crippen LogP contribution >= 0.6 is 34.8 Å². The van der Waals surface area contributed by atoms with Crippen molar-refractivity contribution >= 4 is 46.5 Å². The van der Waals surface area contributed by atoms with E-state index in [0.29, 0.717) is 54.8 Å². The summed E-state index contributed by atoms with van der Waals surface area (Å²) in [6.07, 6.45) is 1.71. The number of allylic oxidation sites excluding steroid dienone is 1. The summed E-state index contributed by atoms with van der Waals surface area (Å²) in [6, 6.07) is 16.2. The predicted molar refractivity (Wildman–Crippen MR) is 125 cm³/mol. The van der Waals surface area contributed by atoms with Crippen molar-refractivity contribution in [3.8, 4) is 29.1 Å². The highest BCUT2D eigenvalue weighted by Crippen LogP contribution is 2.39. The van der Waals surface area contributed by atoms with Gasteiger partial charge in [0.05, 0.1) is 23.8 Å². The minimum absolute atomic E-state index is 0.167. The SMILES string of the molecule is COc1cc(/C=C(/C#N)c2ccc3c(c2)OCO3)cc(Cl)c1OCc1ccc(Cl)cc1Cl. The number of nitrogens with zero attached hydrogens (tertiary/aromatic N) is 1. The number of methoxy groups -OCH3 is 1. The molecule has 0 spiro atoms. The first-order chi connectivity index (χ1) is 15.5. The van der Waals surface area contributed by atoms with E-state index in [1.807, 2.05) is 0 Å². The lowest BCUT2D eigenvalue weighted by Gasteiger charge is -2.14. The smallest absolute Gasteiger partial charge is 0.231 e. The Balaban J connectivity index is 1.61. The molecule has 0 atom stereocenters. The molecule has 1 aliphatic heterocycles. The number of nitriles is 1. The van der Waals surface area contributed by atoms with Gasteiger partial charge in [-0.15, -0.1) is 0 Å². The third kappa shape index (κ3) is 4.73. The van der Waals surface area contributed by atoms with Crippen LogP contribution in [0.3, 0.4) is 0 Å². The summed E-state index contributed by atoms with van der Waals surface area (Å²) in [4.78, 5) is 0. The summed E-state index contributed by atoms with van der Waals surface area (Å²) in [5, 5.41) is 11.1. The molecule has 1 heterocycles. The van der Waals surface area contributed by atoms with Gasteiger partial charge in [0.15, 0.2) is 23.0 Å². The highest BCUT2D eigenvalue weighted by molar-refractivity contribution is 6.35. The van der Waals surface area contributed by atoms with Crippen molar-refractivity contribution in [2.24, 2.45) is 0 Å². The monoisotopic (exact) mass is 487 g/mol. The first-order valence-electron chi connectivity index (χ1n) is 9.44. The number of benzene rings is 3. The lowest BCUT2D eigenvalue weighted by molar-refractivity contribution is 0.174. The summed E-state index contributed by atoms with van der Waals surface area (Å²) >= 11 is 18.6. The van der Waals surface area contributed by atoms with Gasteiger partial charge < -0.3 is 18.9 Å². The van der Waals surface area contributed by atoms with E-state index in [9.17, 15) is 5.26 Å². The Morgan fingerprint density at radius 1 is 1.03 bits per heavy atom. The van der Waals surface area contributed by atoms with Gasteiger partial charge in [-0.1, -0.05) is 40.9 Å². The molecule has 1 aliphatic rings.